The summed E-state index contributed by atoms with van der Waals surface area (Å²) >= 11 is 5.74. The normalized spacial score (nSPS) is 20.7. The van der Waals surface area contributed by atoms with Gasteiger partial charge in [0.05, 0.1) is 17.1 Å². The average Bonchev–Trinajstić information content (AvgIpc) is 2.58. The largest absolute Gasteiger partial charge is 0.456 e. The van der Waals surface area contributed by atoms with Crippen LogP contribution in [0.5, 0.6) is 0 Å². The minimum absolute atomic E-state index is 0.0988. The summed E-state index contributed by atoms with van der Waals surface area (Å²) in [7, 11) is -3.60. The molecule has 1 amide bonds. The maximum Gasteiger partial charge on any atom is 0.307 e. The number of likely N-dealkylation sites (tertiary alicyclic amines) is 1. The molecule has 1 aliphatic heterocycles. The lowest BCUT2D eigenvalue weighted by atomic mass is 9.97. The van der Waals surface area contributed by atoms with Crippen molar-refractivity contribution in [1.29, 1.82) is 0 Å². The van der Waals surface area contributed by atoms with E-state index in [9.17, 15) is 18.0 Å². The fourth-order valence-corrected chi connectivity index (χ4v) is 4.53. The molecule has 0 aliphatic carbocycles. The van der Waals surface area contributed by atoms with E-state index in [1.165, 1.54) is 24.3 Å². The number of hydrogen-bond donors (Lipinski definition) is 0. The van der Waals surface area contributed by atoms with Crippen LogP contribution in [0.2, 0.25) is 5.02 Å². The third kappa shape index (κ3) is 5.45. The quantitative estimate of drug-likeness (QED) is 0.684. The molecule has 0 spiro atoms. The maximum absolute atomic E-state index is 12.3. The van der Waals surface area contributed by atoms with Gasteiger partial charge in [0.1, 0.15) is 0 Å². The monoisotopic (exact) mass is 401 g/mol. The average molecular weight is 402 g/mol. The number of carbonyl (C=O) groups is 2. The highest BCUT2D eigenvalue weighted by molar-refractivity contribution is 7.91. The van der Waals surface area contributed by atoms with Crippen LogP contribution < -0.4 is 0 Å². The summed E-state index contributed by atoms with van der Waals surface area (Å²) in [5, 5.41) is 0.433. The van der Waals surface area contributed by atoms with E-state index in [1.807, 2.05) is 13.8 Å². The lowest BCUT2D eigenvalue weighted by molar-refractivity contribution is -0.154. The van der Waals surface area contributed by atoms with Gasteiger partial charge >= 0.3 is 5.97 Å². The zero-order valence-electron chi connectivity index (χ0n) is 15.0. The topological polar surface area (TPSA) is 80.8 Å². The minimum Gasteiger partial charge on any atom is -0.456 e. The van der Waals surface area contributed by atoms with Crippen molar-refractivity contribution in [3.8, 4) is 0 Å². The first kappa shape index (κ1) is 20.7. The standard InChI is InChI=1S/C18H24ClNO5S/c1-13-4-3-5-14(2)20(13)17(21)12-25-18(22)10-11-26(23,24)16-8-6-15(19)7-9-16/h6-9,13-14H,3-5,10-12H2,1-2H3. The van der Waals surface area contributed by atoms with Crippen LogP contribution in [0.25, 0.3) is 0 Å². The Balaban J connectivity index is 1.83. The van der Waals surface area contributed by atoms with Gasteiger partial charge in [0.2, 0.25) is 0 Å². The number of rotatable bonds is 6. The first-order chi connectivity index (χ1) is 12.2. The molecule has 1 heterocycles. The smallest absolute Gasteiger partial charge is 0.307 e. The number of nitrogens with zero attached hydrogens (tertiary/aromatic N) is 1. The molecule has 6 nitrogen and oxygen atoms in total. The van der Waals surface area contributed by atoms with Crippen LogP contribution >= 0.6 is 11.6 Å². The van der Waals surface area contributed by atoms with E-state index in [0.717, 1.165) is 19.3 Å². The van der Waals surface area contributed by atoms with Crippen molar-refractivity contribution < 1.29 is 22.7 Å². The highest BCUT2D eigenvalue weighted by Crippen LogP contribution is 2.22. The van der Waals surface area contributed by atoms with Crippen LogP contribution in [0.1, 0.15) is 39.5 Å². The van der Waals surface area contributed by atoms with Crippen molar-refractivity contribution in [2.75, 3.05) is 12.4 Å². The first-order valence-electron chi connectivity index (χ1n) is 8.66. The zero-order chi connectivity index (χ0) is 19.3. The summed E-state index contributed by atoms with van der Waals surface area (Å²) in [4.78, 5) is 26.0. The molecule has 1 aliphatic rings. The number of piperidine rings is 1. The second kappa shape index (κ2) is 8.86. The number of benzene rings is 1. The van der Waals surface area contributed by atoms with Crippen molar-refractivity contribution >= 4 is 33.3 Å². The summed E-state index contributed by atoms with van der Waals surface area (Å²) in [5.41, 5.74) is 0. The van der Waals surface area contributed by atoms with Gasteiger partial charge in [-0.25, -0.2) is 8.42 Å². The van der Waals surface area contributed by atoms with Gasteiger partial charge < -0.3 is 9.64 Å². The molecule has 1 fully saturated rings. The van der Waals surface area contributed by atoms with Gasteiger partial charge in [0, 0.05) is 17.1 Å². The predicted molar refractivity (Wildman–Crippen MR) is 98.7 cm³/mol. The number of esters is 1. The Bertz CT molecular complexity index is 737. The van der Waals surface area contributed by atoms with E-state index in [-0.39, 0.29) is 41.7 Å². The van der Waals surface area contributed by atoms with Crippen molar-refractivity contribution in [1.82, 2.24) is 4.90 Å². The highest BCUT2D eigenvalue weighted by Gasteiger charge is 2.29. The summed E-state index contributed by atoms with van der Waals surface area (Å²) < 4.78 is 29.4. The Morgan fingerprint density at radius 3 is 2.31 bits per heavy atom. The van der Waals surface area contributed by atoms with Crippen molar-refractivity contribution in [3.05, 3.63) is 29.3 Å². The van der Waals surface area contributed by atoms with Crippen molar-refractivity contribution in [2.45, 2.75) is 56.5 Å². The molecule has 1 aromatic rings. The molecular weight excluding hydrogens is 378 g/mol. The van der Waals surface area contributed by atoms with Gasteiger partial charge in [-0.2, -0.15) is 0 Å². The number of sulfone groups is 1. The van der Waals surface area contributed by atoms with Crippen molar-refractivity contribution in [2.24, 2.45) is 0 Å². The molecule has 0 bridgehead atoms. The van der Waals surface area contributed by atoms with Gasteiger partial charge in [-0.3, -0.25) is 9.59 Å². The van der Waals surface area contributed by atoms with Gasteiger partial charge in [0.15, 0.2) is 16.4 Å². The zero-order valence-corrected chi connectivity index (χ0v) is 16.6. The van der Waals surface area contributed by atoms with E-state index in [2.05, 4.69) is 0 Å². The van der Waals surface area contributed by atoms with E-state index < -0.39 is 15.8 Å². The lowest BCUT2D eigenvalue weighted by Gasteiger charge is -2.38. The van der Waals surface area contributed by atoms with Crippen LogP contribution in [0.3, 0.4) is 0 Å². The summed E-state index contributed by atoms with van der Waals surface area (Å²) in [6, 6.07) is 5.99. The first-order valence-corrected chi connectivity index (χ1v) is 10.7. The fraction of sp³-hybridized carbons (Fsp3) is 0.556. The molecule has 0 saturated carbocycles. The van der Waals surface area contributed by atoms with Gasteiger partial charge in [-0.15, -0.1) is 0 Å². The molecule has 0 N–H and O–H groups in total. The van der Waals surface area contributed by atoms with Gasteiger partial charge in [-0.05, 0) is 57.4 Å². The molecule has 8 heteroatoms. The summed E-state index contributed by atoms with van der Waals surface area (Å²) in [5.74, 6) is -1.31. The number of halogens is 1. The molecule has 26 heavy (non-hydrogen) atoms. The van der Waals surface area contributed by atoms with Crippen LogP contribution in [-0.4, -0.2) is 49.6 Å². The van der Waals surface area contributed by atoms with Crippen LogP contribution in [0.15, 0.2) is 29.2 Å². The van der Waals surface area contributed by atoms with Gasteiger partial charge in [-0.1, -0.05) is 11.6 Å². The number of carbonyl (C=O) groups excluding carboxylic acids is 2. The Morgan fingerprint density at radius 2 is 1.73 bits per heavy atom. The lowest BCUT2D eigenvalue weighted by Crippen LogP contribution is -2.49. The SMILES string of the molecule is CC1CCCC(C)N1C(=O)COC(=O)CCS(=O)(=O)c1ccc(Cl)cc1. The number of amides is 1. The third-order valence-electron chi connectivity index (χ3n) is 4.59. The number of ether oxygens (including phenoxy) is 1. The molecule has 144 valence electrons. The molecular formula is C18H24ClNO5S. The summed E-state index contributed by atoms with van der Waals surface area (Å²) in [6.07, 6.45) is 2.64. The van der Waals surface area contributed by atoms with E-state index in [0.29, 0.717) is 5.02 Å². The molecule has 1 saturated heterocycles. The fourth-order valence-electron chi connectivity index (χ4n) is 3.18. The van der Waals surface area contributed by atoms with Crippen LogP contribution in [0.4, 0.5) is 0 Å². The van der Waals surface area contributed by atoms with Gasteiger partial charge in [0.25, 0.3) is 5.91 Å². The Hall–Kier alpha value is -1.60. The maximum atomic E-state index is 12.3. The molecule has 2 atom stereocenters. The van der Waals surface area contributed by atoms with E-state index >= 15 is 0 Å². The predicted octanol–water partition coefficient (Wildman–Crippen LogP) is 2.84. The number of hydrogen-bond acceptors (Lipinski definition) is 5. The van der Waals surface area contributed by atoms with Crippen LogP contribution in [-0.2, 0) is 24.2 Å². The molecule has 0 radical (unpaired) electrons. The second-order valence-electron chi connectivity index (χ2n) is 6.61. The Kier molecular flexibility index (Phi) is 7.06. The molecule has 2 unspecified atom stereocenters. The third-order valence-corrected chi connectivity index (χ3v) is 6.57. The van der Waals surface area contributed by atoms with Crippen LogP contribution in [0, 0.1) is 0 Å². The minimum atomic E-state index is -3.60. The Labute approximate surface area is 159 Å². The van der Waals surface area contributed by atoms with Crippen molar-refractivity contribution in [3.63, 3.8) is 0 Å². The van der Waals surface area contributed by atoms with E-state index in [1.54, 1.807) is 4.90 Å². The second-order valence-corrected chi connectivity index (χ2v) is 9.16. The highest BCUT2D eigenvalue weighted by atomic mass is 35.5. The molecule has 0 aromatic heterocycles. The van der Waals surface area contributed by atoms with E-state index in [4.69, 9.17) is 16.3 Å². The Morgan fingerprint density at radius 1 is 1.15 bits per heavy atom. The summed E-state index contributed by atoms with van der Waals surface area (Å²) in [6.45, 7) is 3.61. The molecule has 1 aromatic carbocycles. The molecule has 2 rings (SSSR count).